The normalized spacial score (nSPS) is 61.2. The lowest BCUT2D eigenvalue weighted by Crippen LogP contribution is -2.79. The van der Waals surface area contributed by atoms with Crippen molar-refractivity contribution in [2.24, 2.45) is 0 Å². The molecule has 0 aromatic rings. The molecule has 0 aromatic heterocycles. The Hall–Kier alpha value is 2.08. The van der Waals surface area contributed by atoms with Crippen LogP contribution in [0.3, 0.4) is 0 Å². The molecule has 6 aliphatic heterocycles. The van der Waals surface area contributed by atoms with E-state index in [-0.39, 0.29) is 0 Å². The van der Waals surface area contributed by atoms with E-state index in [1.165, 1.54) is 78.6 Å². The molecule has 6 rings (SSSR count). The van der Waals surface area contributed by atoms with Crippen molar-refractivity contribution < 1.29 is 103 Å². The van der Waals surface area contributed by atoms with Crippen molar-refractivity contribution in [2.75, 3.05) is 0 Å². The van der Waals surface area contributed by atoms with Crippen LogP contribution < -0.4 is 0 Å². The Bertz CT molecular complexity index is 1090. The Balaban J connectivity index is 0.000000201. The third kappa shape index (κ3) is 11.2. The fourth-order valence-corrected chi connectivity index (χ4v) is 72.2. The van der Waals surface area contributed by atoms with Crippen LogP contribution in [0, 0.1) is 0 Å². The van der Waals surface area contributed by atoms with Gasteiger partial charge in [0, 0.05) is 91.7 Å². The second-order valence-electron chi connectivity index (χ2n) is 14.1. The maximum Gasteiger partial charge on any atom is 0.480 e. The van der Waals surface area contributed by atoms with Crippen molar-refractivity contribution >= 4 is 123 Å². The molecule has 6 fully saturated rings. The van der Waals surface area contributed by atoms with Gasteiger partial charge in [-0.25, -0.2) is 0 Å². The molecule has 304 valence electrons. The fourth-order valence-electron chi connectivity index (χ4n) is 6.77. The van der Waals surface area contributed by atoms with Crippen LogP contribution in [0.1, 0.15) is 0 Å². The molecule has 0 aromatic carbocycles. The van der Waals surface area contributed by atoms with Crippen molar-refractivity contribution in [2.45, 2.75) is 91.7 Å². The summed E-state index contributed by atoms with van der Waals surface area (Å²) in [5.41, 5.74) is 0. The van der Waals surface area contributed by atoms with Gasteiger partial charge in [0.15, 0.2) is 0 Å². The first kappa shape index (κ1) is 45.2. The van der Waals surface area contributed by atoms with Gasteiger partial charge in [-0.05, 0) is 0 Å². The molecule has 38 heteroatoms. The summed E-state index contributed by atoms with van der Waals surface area (Å²) in [5, 5.41) is 0. The minimum atomic E-state index is -3.88. The summed E-state index contributed by atoms with van der Waals surface area (Å²) < 4.78 is 105. The number of hydrogen-bond donors (Lipinski definition) is 6. The number of fused-ring (bicyclic) bond motifs is 6. The molecule has 0 amide bonds. The van der Waals surface area contributed by atoms with Gasteiger partial charge in [-0.3, -0.25) is 0 Å². The highest BCUT2D eigenvalue weighted by Gasteiger charge is 2.73. The van der Waals surface area contributed by atoms with Gasteiger partial charge in [0.1, 0.15) is 0 Å². The summed E-state index contributed by atoms with van der Waals surface area (Å²) in [6.07, 6.45) is 0. The lowest BCUT2D eigenvalue weighted by Gasteiger charge is -2.53. The first-order valence-corrected chi connectivity index (χ1v) is 47.1. The SMILES string of the molecule is C[Si]1(O)O[Si]2(C)O[Si](C)(O)O[Si]3(C)O[Si](C)(O)O[Si](C)(O1)O[Si](C)(O2)O3.C[Si]1(O)O[Si]2(C)O[Si](C)(O)O[Si]3(C)O[Si](C)(O)O[Si](C)(O1)O[Si](C)(O2)O3. The molecule has 0 unspecified atom stereocenters. The number of rotatable bonds is 0. The molecule has 24 nitrogen and oxygen atoms in total. The van der Waals surface area contributed by atoms with Crippen LogP contribution in [0.2, 0.25) is 91.7 Å². The predicted octanol–water partition coefficient (Wildman–Crippen LogP) is -1.73. The van der Waals surface area contributed by atoms with E-state index in [0.717, 1.165) is 0 Å². The topological polar surface area (TPSA) is 288 Å². The van der Waals surface area contributed by atoms with E-state index < -0.39 is 123 Å². The van der Waals surface area contributed by atoms with Crippen molar-refractivity contribution in [3.63, 3.8) is 0 Å². The van der Waals surface area contributed by atoms with Gasteiger partial charge in [0.05, 0.1) is 0 Å². The van der Waals surface area contributed by atoms with Crippen LogP contribution in [-0.4, -0.2) is 152 Å². The van der Waals surface area contributed by atoms with Gasteiger partial charge in [0.25, 0.3) is 0 Å². The molecule has 52 heavy (non-hydrogen) atoms. The zero-order chi connectivity index (χ0) is 39.7. The summed E-state index contributed by atoms with van der Waals surface area (Å²) in [4.78, 5) is 64.1. The Labute approximate surface area is 316 Å². The third-order valence-corrected chi connectivity index (χ3v) is 60.5. The van der Waals surface area contributed by atoms with Gasteiger partial charge in [-0.15, -0.1) is 0 Å². The second kappa shape index (κ2) is 13.3. The Morgan fingerprint density at radius 3 is 0.346 bits per heavy atom. The molecule has 0 radical (unpaired) electrons. The highest BCUT2D eigenvalue weighted by molar-refractivity contribution is 6.98. The maximum absolute atomic E-state index is 10.7. The number of hydrogen-bond acceptors (Lipinski definition) is 24. The van der Waals surface area contributed by atoms with Crippen LogP contribution in [0.4, 0.5) is 0 Å². The standard InChI is InChI=1S/2C7H24O12Si7/c2*1-20(8)11-23(4)13-21(2,9)15-25(6)16-22(3,10)14-24(5,12-20)18-26(7,17-23)19-25/h2*8-10H,1-7H3. The summed E-state index contributed by atoms with van der Waals surface area (Å²) in [6, 6.07) is 0. The molecular weight excluding hydrogens is 945 g/mol. The lowest BCUT2D eigenvalue weighted by molar-refractivity contribution is 0.0153. The molecule has 0 spiro atoms. The minimum Gasteiger partial charge on any atom is -0.391 e. The van der Waals surface area contributed by atoms with Crippen LogP contribution in [0.25, 0.3) is 0 Å². The van der Waals surface area contributed by atoms with E-state index in [1.54, 1.807) is 13.1 Å². The quantitative estimate of drug-likeness (QED) is 0.147. The molecule has 0 atom stereocenters. The molecule has 0 saturated carbocycles. The van der Waals surface area contributed by atoms with Crippen LogP contribution in [0.15, 0.2) is 0 Å². The summed E-state index contributed by atoms with van der Waals surface area (Å²) in [6.45, 7) is 20.2. The molecule has 8 bridgehead atoms. The van der Waals surface area contributed by atoms with Crippen molar-refractivity contribution in [1.82, 2.24) is 0 Å². The van der Waals surface area contributed by atoms with Gasteiger partial charge in [0.2, 0.25) is 0 Å². The van der Waals surface area contributed by atoms with E-state index in [4.69, 9.17) is 74.1 Å². The van der Waals surface area contributed by atoms with Gasteiger partial charge in [-0.2, -0.15) is 0 Å². The monoisotopic (exact) mass is 992 g/mol. The van der Waals surface area contributed by atoms with Crippen molar-refractivity contribution in [3.8, 4) is 0 Å². The highest BCUT2D eigenvalue weighted by atomic mass is 28.6. The second-order valence-corrected chi connectivity index (χ2v) is 53.4. The Morgan fingerprint density at radius 1 is 0.173 bits per heavy atom. The van der Waals surface area contributed by atoms with Crippen LogP contribution >= 0.6 is 0 Å². The van der Waals surface area contributed by atoms with Gasteiger partial charge in [-0.1, -0.05) is 0 Å². The average Bonchev–Trinajstić information content (AvgIpc) is 2.64. The summed E-state index contributed by atoms with van der Waals surface area (Å²) in [7, 11) is -52.5. The largest absolute Gasteiger partial charge is 0.480 e. The molecular formula is C14H48O24Si14. The first-order chi connectivity index (χ1) is 22.7. The minimum absolute atomic E-state index is 1.35. The Kier molecular flexibility index (Phi) is 11.5. The molecule has 6 saturated heterocycles. The highest BCUT2D eigenvalue weighted by Crippen LogP contribution is 2.42. The van der Waals surface area contributed by atoms with E-state index in [0.29, 0.717) is 0 Å². The fraction of sp³-hybridized carbons (Fsp3) is 1.00. The van der Waals surface area contributed by atoms with E-state index in [9.17, 15) is 28.8 Å². The summed E-state index contributed by atoms with van der Waals surface area (Å²) >= 11 is 0. The third-order valence-electron chi connectivity index (χ3n) is 6.72. The molecule has 6 N–H and O–H groups in total. The summed E-state index contributed by atoms with van der Waals surface area (Å²) in [5.74, 6) is 0. The zero-order valence-corrected chi connectivity index (χ0v) is 45.0. The lowest BCUT2D eigenvalue weighted by atomic mass is 11.9. The van der Waals surface area contributed by atoms with Crippen molar-refractivity contribution in [3.05, 3.63) is 0 Å². The predicted molar refractivity (Wildman–Crippen MR) is 195 cm³/mol. The molecule has 6 aliphatic rings. The van der Waals surface area contributed by atoms with Crippen LogP contribution in [-0.2, 0) is 74.1 Å². The van der Waals surface area contributed by atoms with Gasteiger partial charge >= 0.3 is 123 Å². The molecule has 0 aliphatic carbocycles. The van der Waals surface area contributed by atoms with E-state index in [2.05, 4.69) is 0 Å². The average molecular weight is 994 g/mol. The van der Waals surface area contributed by atoms with E-state index in [1.807, 2.05) is 0 Å². The maximum atomic E-state index is 10.7. The van der Waals surface area contributed by atoms with Gasteiger partial charge < -0.3 is 103 Å². The molecule has 6 heterocycles. The first-order valence-electron chi connectivity index (χ1n) is 15.7. The smallest absolute Gasteiger partial charge is 0.391 e. The van der Waals surface area contributed by atoms with Crippen molar-refractivity contribution in [1.29, 1.82) is 0 Å². The zero-order valence-electron chi connectivity index (χ0n) is 31.0. The van der Waals surface area contributed by atoms with Crippen LogP contribution in [0.5, 0.6) is 0 Å². The van der Waals surface area contributed by atoms with E-state index >= 15 is 0 Å². The Morgan fingerprint density at radius 2 is 0.250 bits per heavy atom.